The van der Waals surface area contributed by atoms with Gasteiger partial charge in [-0.1, -0.05) is 25.1 Å². The highest BCUT2D eigenvalue weighted by atomic mass is 16.5. The molecule has 0 aliphatic carbocycles. The summed E-state index contributed by atoms with van der Waals surface area (Å²) in [6.07, 6.45) is 1.41. The summed E-state index contributed by atoms with van der Waals surface area (Å²) in [5.41, 5.74) is 2.14. The zero-order chi connectivity index (χ0) is 13.4. The van der Waals surface area contributed by atoms with Crippen LogP contribution in [0.2, 0.25) is 0 Å². The molecule has 2 N–H and O–H groups in total. The number of ether oxygens (including phenoxy) is 1. The Bertz CT molecular complexity index is 660. The van der Waals surface area contributed by atoms with E-state index in [1.54, 1.807) is 7.05 Å². The summed E-state index contributed by atoms with van der Waals surface area (Å²) in [5.74, 6) is -0.186. The van der Waals surface area contributed by atoms with Crippen molar-refractivity contribution in [2.75, 3.05) is 7.05 Å². The number of carbonyl (C=O) groups is 1. The van der Waals surface area contributed by atoms with Gasteiger partial charge in [0.15, 0.2) is 6.10 Å². The van der Waals surface area contributed by atoms with Gasteiger partial charge in [0.1, 0.15) is 0 Å². The molecular weight excluding hydrogens is 242 g/mol. The van der Waals surface area contributed by atoms with Gasteiger partial charge in [-0.2, -0.15) is 0 Å². The molecule has 5 heteroatoms. The number of amidine groups is 1. The highest BCUT2D eigenvalue weighted by Gasteiger charge is 2.36. The van der Waals surface area contributed by atoms with Gasteiger partial charge in [0.05, 0.1) is 0 Å². The van der Waals surface area contributed by atoms with Crippen molar-refractivity contribution in [2.24, 2.45) is 4.99 Å². The molecule has 5 nitrogen and oxygen atoms in total. The summed E-state index contributed by atoms with van der Waals surface area (Å²) >= 11 is 0. The van der Waals surface area contributed by atoms with Crippen molar-refractivity contribution in [3.05, 3.63) is 36.0 Å². The molecule has 1 fully saturated rings. The average Bonchev–Trinajstić information content (AvgIpc) is 3.01. The van der Waals surface area contributed by atoms with Gasteiger partial charge in [-0.15, -0.1) is 0 Å². The third-order valence-corrected chi connectivity index (χ3v) is 3.50. The van der Waals surface area contributed by atoms with Crippen molar-refractivity contribution in [3.8, 4) is 0 Å². The van der Waals surface area contributed by atoms with Crippen LogP contribution in [0.1, 0.15) is 18.4 Å². The Morgan fingerprint density at radius 3 is 2.89 bits per heavy atom. The highest BCUT2D eigenvalue weighted by Crippen LogP contribution is 2.30. The third kappa shape index (κ3) is 1.87. The normalized spacial score (nSPS) is 22.5. The van der Waals surface area contributed by atoms with E-state index >= 15 is 0 Å². The molecule has 2 atom stereocenters. The summed E-state index contributed by atoms with van der Waals surface area (Å²) in [6, 6.07) is 8.32. The molecule has 1 aromatic heterocycles. The molecule has 0 spiro atoms. The van der Waals surface area contributed by atoms with Gasteiger partial charge in [-0.25, -0.2) is 4.99 Å². The van der Waals surface area contributed by atoms with E-state index in [1.807, 2.05) is 37.4 Å². The van der Waals surface area contributed by atoms with Gasteiger partial charge in [0, 0.05) is 30.1 Å². The highest BCUT2D eigenvalue weighted by molar-refractivity contribution is 6.02. The number of hydrogen-bond acceptors (Lipinski definition) is 3. The SMILES string of the molecule is CN=C1NC(=O)[C@H](C(C)c2c[nH]c3ccccc23)O1. The molecule has 0 radical (unpaired) electrons. The zero-order valence-electron chi connectivity index (χ0n) is 10.8. The van der Waals surface area contributed by atoms with Crippen LogP contribution >= 0.6 is 0 Å². The van der Waals surface area contributed by atoms with Gasteiger partial charge in [-0.3, -0.25) is 10.1 Å². The van der Waals surface area contributed by atoms with Crippen molar-refractivity contribution in [3.63, 3.8) is 0 Å². The molecule has 3 rings (SSSR count). The Labute approximate surface area is 110 Å². The Hall–Kier alpha value is -2.30. The minimum Gasteiger partial charge on any atom is -0.451 e. The molecule has 1 amide bonds. The van der Waals surface area contributed by atoms with Crippen LogP contribution in [0.4, 0.5) is 0 Å². The number of carbonyl (C=O) groups excluding carboxylic acids is 1. The summed E-state index contributed by atoms with van der Waals surface area (Å²) in [6.45, 7) is 1.98. The molecule has 1 aromatic carbocycles. The number of para-hydroxylation sites is 1. The van der Waals surface area contributed by atoms with E-state index in [1.165, 1.54) is 0 Å². The van der Waals surface area contributed by atoms with Gasteiger partial charge >= 0.3 is 0 Å². The first-order valence-corrected chi connectivity index (χ1v) is 6.21. The average molecular weight is 257 g/mol. The van der Waals surface area contributed by atoms with Crippen molar-refractivity contribution in [1.29, 1.82) is 0 Å². The molecule has 2 aromatic rings. The molecule has 1 saturated heterocycles. The first-order valence-electron chi connectivity index (χ1n) is 6.21. The van der Waals surface area contributed by atoms with Crippen LogP contribution in [0.3, 0.4) is 0 Å². The van der Waals surface area contributed by atoms with Gasteiger partial charge in [0.25, 0.3) is 11.9 Å². The predicted octanol–water partition coefficient (Wildman–Crippen LogP) is 1.77. The van der Waals surface area contributed by atoms with Gasteiger partial charge < -0.3 is 9.72 Å². The quantitative estimate of drug-likeness (QED) is 0.861. The number of aliphatic imine (C=N–C) groups is 1. The molecule has 0 bridgehead atoms. The van der Waals surface area contributed by atoms with Crippen molar-refractivity contribution in [1.82, 2.24) is 10.3 Å². The number of amides is 1. The summed E-state index contributed by atoms with van der Waals surface area (Å²) in [7, 11) is 1.59. The Balaban J connectivity index is 1.96. The zero-order valence-corrected chi connectivity index (χ0v) is 10.8. The van der Waals surface area contributed by atoms with E-state index in [0.29, 0.717) is 6.02 Å². The van der Waals surface area contributed by atoms with E-state index < -0.39 is 6.10 Å². The molecule has 1 unspecified atom stereocenters. The smallest absolute Gasteiger partial charge is 0.292 e. The monoisotopic (exact) mass is 257 g/mol. The second kappa shape index (κ2) is 4.42. The lowest BCUT2D eigenvalue weighted by Gasteiger charge is -2.15. The molecule has 2 heterocycles. The molecule has 19 heavy (non-hydrogen) atoms. The van der Waals surface area contributed by atoms with Crippen molar-refractivity contribution in [2.45, 2.75) is 18.9 Å². The maximum atomic E-state index is 11.9. The standard InChI is InChI=1S/C14H15N3O2/c1-8(12-13(18)17-14(15-2)19-12)10-7-16-11-6-4-3-5-9(10)11/h3-8,12,16H,1-2H3,(H,15,17,18)/t8?,12-/m0/s1. The maximum Gasteiger partial charge on any atom is 0.292 e. The van der Waals surface area contributed by atoms with E-state index in [2.05, 4.69) is 15.3 Å². The minimum absolute atomic E-state index is 0.0459. The number of H-pyrrole nitrogens is 1. The lowest BCUT2D eigenvalue weighted by atomic mass is 9.94. The fourth-order valence-electron chi connectivity index (χ4n) is 2.45. The summed E-state index contributed by atoms with van der Waals surface area (Å²) in [5, 5.41) is 3.74. The fourth-order valence-corrected chi connectivity index (χ4v) is 2.45. The van der Waals surface area contributed by atoms with Crippen LogP contribution in [-0.2, 0) is 9.53 Å². The third-order valence-electron chi connectivity index (χ3n) is 3.50. The minimum atomic E-state index is -0.530. The summed E-state index contributed by atoms with van der Waals surface area (Å²) < 4.78 is 5.53. The second-order valence-electron chi connectivity index (χ2n) is 4.63. The largest absolute Gasteiger partial charge is 0.451 e. The Morgan fingerprint density at radius 2 is 2.16 bits per heavy atom. The number of hydrogen-bond donors (Lipinski definition) is 2. The van der Waals surface area contributed by atoms with Crippen LogP contribution in [0.5, 0.6) is 0 Å². The molecule has 98 valence electrons. The molecule has 0 saturated carbocycles. The van der Waals surface area contributed by atoms with E-state index in [-0.39, 0.29) is 11.8 Å². The van der Waals surface area contributed by atoms with Crippen molar-refractivity contribution >= 4 is 22.8 Å². The lowest BCUT2D eigenvalue weighted by Crippen LogP contribution is -2.28. The number of nitrogens with zero attached hydrogens (tertiary/aromatic N) is 1. The lowest BCUT2D eigenvalue weighted by molar-refractivity contribution is -0.124. The van der Waals surface area contributed by atoms with Crippen molar-refractivity contribution < 1.29 is 9.53 Å². The van der Waals surface area contributed by atoms with Crippen LogP contribution in [-0.4, -0.2) is 30.1 Å². The Morgan fingerprint density at radius 1 is 1.37 bits per heavy atom. The number of aromatic amines is 1. The predicted molar refractivity (Wildman–Crippen MR) is 73.1 cm³/mol. The maximum absolute atomic E-state index is 11.9. The first kappa shape index (κ1) is 11.8. The molecule has 1 aliphatic rings. The number of aromatic nitrogens is 1. The topological polar surface area (TPSA) is 66.5 Å². The number of nitrogens with one attached hydrogen (secondary N) is 2. The van der Waals surface area contributed by atoms with Crippen LogP contribution in [0.15, 0.2) is 35.5 Å². The number of rotatable bonds is 2. The van der Waals surface area contributed by atoms with Crippen LogP contribution in [0.25, 0.3) is 10.9 Å². The summed E-state index contributed by atoms with van der Waals surface area (Å²) in [4.78, 5) is 19.0. The molecule has 1 aliphatic heterocycles. The number of fused-ring (bicyclic) bond motifs is 1. The number of benzene rings is 1. The van der Waals surface area contributed by atoms with Crippen LogP contribution in [0, 0.1) is 0 Å². The van der Waals surface area contributed by atoms with E-state index in [4.69, 9.17) is 4.74 Å². The Kier molecular flexibility index (Phi) is 2.74. The van der Waals surface area contributed by atoms with E-state index in [0.717, 1.165) is 16.5 Å². The first-order chi connectivity index (χ1) is 9.20. The van der Waals surface area contributed by atoms with E-state index in [9.17, 15) is 4.79 Å². The fraction of sp³-hybridized carbons (Fsp3) is 0.286. The second-order valence-corrected chi connectivity index (χ2v) is 4.63. The van der Waals surface area contributed by atoms with Gasteiger partial charge in [-0.05, 0) is 11.6 Å². The van der Waals surface area contributed by atoms with Gasteiger partial charge in [0.2, 0.25) is 0 Å². The van der Waals surface area contributed by atoms with Crippen LogP contribution < -0.4 is 5.32 Å². The molecular formula is C14H15N3O2.